The summed E-state index contributed by atoms with van der Waals surface area (Å²) < 4.78 is 18.9. The highest BCUT2D eigenvalue weighted by Crippen LogP contribution is 2.39. The number of rotatable bonds is 7. The zero-order valence-electron chi connectivity index (χ0n) is 20.3. The summed E-state index contributed by atoms with van der Waals surface area (Å²) >= 11 is 0. The van der Waals surface area contributed by atoms with E-state index in [2.05, 4.69) is 22.3 Å². The van der Waals surface area contributed by atoms with E-state index in [1.807, 2.05) is 12.1 Å². The van der Waals surface area contributed by atoms with Crippen molar-refractivity contribution in [3.8, 4) is 5.75 Å². The zero-order valence-corrected chi connectivity index (χ0v) is 20.3. The van der Waals surface area contributed by atoms with Gasteiger partial charge in [0.1, 0.15) is 17.1 Å². The molecule has 35 heavy (non-hydrogen) atoms. The van der Waals surface area contributed by atoms with Crippen molar-refractivity contribution in [1.29, 1.82) is 0 Å². The third-order valence-corrected chi connectivity index (χ3v) is 8.06. The Morgan fingerprint density at radius 2 is 1.71 bits per heavy atom. The van der Waals surface area contributed by atoms with E-state index in [-0.39, 0.29) is 29.7 Å². The first-order valence-corrected chi connectivity index (χ1v) is 12.7. The van der Waals surface area contributed by atoms with Gasteiger partial charge >= 0.3 is 6.03 Å². The van der Waals surface area contributed by atoms with Crippen LogP contribution in [0, 0.1) is 11.7 Å². The molecule has 2 aromatic rings. The number of likely N-dealkylation sites (tertiary alicyclic amines) is 1. The Morgan fingerprint density at radius 3 is 2.40 bits per heavy atom. The van der Waals surface area contributed by atoms with Gasteiger partial charge in [-0.2, -0.15) is 0 Å². The Morgan fingerprint density at radius 1 is 1.00 bits per heavy atom. The number of hydrogen-bond donors (Lipinski definition) is 1. The average molecular weight is 480 g/mol. The molecule has 1 saturated carbocycles. The van der Waals surface area contributed by atoms with Crippen molar-refractivity contribution in [1.82, 2.24) is 15.1 Å². The van der Waals surface area contributed by atoms with Crippen LogP contribution in [0.1, 0.15) is 49.7 Å². The molecule has 1 atom stereocenters. The number of nitrogens with zero attached hydrogens (tertiary/aromatic N) is 2. The molecular formula is C28H34FN3O3. The highest BCUT2D eigenvalue weighted by Gasteiger charge is 2.57. The molecule has 5 rings (SSSR count). The minimum atomic E-state index is -0.973. The summed E-state index contributed by atoms with van der Waals surface area (Å²) in [5.41, 5.74) is 1.09. The van der Waals surface area contributed by atoms with Gasteiger partial charge in [-0.3, -0.25) is 14.6 Å². The average Bonchev–Trinajstić information content (AvgIpc) is 3.47. The predicted octanol–water partition coefficient (Wildman–Crippen LogP) is 4.52. The van der Waals surface area contributed by atoms with E-state index in [0.717, 1.165) is 69.5 Å². The molecular weight excluding hydrogens is 445 g/mol. The molecule has 0 aromatic heterocycles. The van der Waals surface area contributed by atoms with Crippen molar-refractivity contribution >= 4 is 11.9 Å². The highest BCUT2D eigenvalue weighted by molar-refractivity contribution is 6.07. The molecule has 2 aliphatic heterocycles. The second-order valence-electron chi connectivity index (χ2n) is 10.2. The summed E-state index contributed by atoms with van der Waals surface area (Å²) in [6.45, 7) is 2.52. The quantitative estimate of drug-likeness (QED) is 0.593. The number of halogens is 1. The van der Waals surface area contributed by atoms with Crippen LogP contribution in [-0.2, 0) is 17.8 Å². The summed E-state index contributed by atoms with van der Waals surface area (Å²) in [6, 6.07) is 14.1. The van der Waals surface area contributed by atoms with Gasteiger partial charge in [0.2, 0.25) is 0 Å². The van der Waals surface area contributed by atoms with E-state index < -0.39 is 5.54 Å². The molecule has 0 spiro atoms. The standard InChI is InChI=1S/C28H34FN3O3/c1-35-25-8-4-5-21(17-25)19-31-15-13-22(14-16-31)28(18-20-9-11-23(29)12-10-20)26(33)32(27(34)30-28)24-6-2-3-7-24/h4-5,8-12,17,22,24H,2-3,6-7,13-16,18-19H2,1H3,(H,30,34). The number of amides is 3. The number of ether oxygens (including phenoxy) is 1. The summed E-state index contributed by atoms with van der Waals surface area (Å²) in [4.78, 5) is 31.0. The number of urea groups is 1. The Hall–Kier alpha value is -2.93. The van der Waals surface area contributed by atoms with Crippen LogP contribution in [0.25, 0.3) is 0 Å². The van der Waals surface area contributed by atoms with Crippen LogP contribution < -0.4 is 10.1 Å². The monoisotopic (exact) mass is 479 g/mol. The first-order valence-electron chi connectivity index (χ1n) is 12.7. The molecule has 1 N–H and O–H groups in total. The van der Waals surface area contributed by atoms with Crippen molar-refractivity contribution in [3.63, 3.8) is 0 Å². The van der Waals surface area contributed by atoms with Crippen molar-refractivity contribution in [2.45, 2.75) is 63.1 Å². The lowest BCUT2D eigenvalue weighted by atomic mass is 9.73. The minimum Gasteiger partial charge on any atom is -0.497 e. The third-order valence-electron chi connectivity index (χ3n) is 8.06. The highest BCUT2D eigenvalue weighted by atomic mass is 19.1. The predicted molar refractivity (Wildman–Crippen MR) is 131 cm³/mol. The number of benzene rings is 2. The maximum Gasteiger partial charge on any atom is 0.325 e. The van der Waals surface area contributed by atoms with Crippen LogP contribution >= 0.6 is 0 Å². The van der Waals surface area contributed by atoms with Gasteiger partial charge in [0.15, 0.2) is 0 Å². The molecule has 3 amide bonds. The van der Waals surface area contributed by atoms with Gasteiger partial charge in [-0.1, -0.05) is 37.1 Å². The van der Waals surface area contributed by atoms with Crippen LogP contribution in [0.5, 0.6) is 5.75 Å². The van der Waals surface area contributed by atoms with Crippen LogP contribution in [0.2, 0.25) is 0 Å². The number of hydrogen-bond acceptors (Lipinski definition) is 4. The van der Waals surface area contributed by atoms with Gasteiger partial charge in [0.25, 0.3) is 5.91 Å². The molecule has 0 bridgehead atoms. The number of imide groups is 1. The molecule has 2 aromatic carbocycles. The maximum absolute atomic E-state index is 14.0. The Labute approximate surface area is 206 Å². The van der Waals surface area contributed by atoms with E-state index in [0.29, 0.717) is 6.42 Å². The molecule has 2 saturated heterocycles. The van der Waals surface area contributed by atoms with Gasteiger partial charge in [0.05, 0.1) is 7.11 Å². The van der Waals surface area contributed by atoms with Crippen LogP contribution in [0.15, 0.2) is 48.5 Å². The van der Waals surface area contributed by atoms with Crippen molar-refractivity contribution in [3.05, 3.63) is 65.5 Å². The third kappa shape index (κ3) is 4.79. The SMILES string of the molecule is COc1cccc(CN2CCC(C3(Cc4ccc(F)cc4)NC(=O)N(C4CCCC4)C3=O)CC2)c1. The van der Waals surface area contributed by atoms with Gasteiger partial charge < -0.3 is 10.1 Å². The fourth-order valence-electron chi connectivity index (χ4n) is 6.18. The van der Waals surface area contributed by atoms with Gasteiger partial charge in [-0.05, 0) is 80.1 Å². The number of piperidine rings is 1. The largest absolute Gasteiger partial charge is 0.497 e. The van der Waals surface area contributed by atoms with Crippen molar-refractivity contribution in [2.75, 3.05) is 20.2 Å². The molecule has 3 aliphatic rings. The number of nitrogens with one attached hydrogen (secondary N) is 1. The molecule has 1 unspecified atom stereocenters. The smallest absolute Gasteiger partial charge is 0.325 e. The number of methoxy groups -OCH3 is 1. The number of carbonyl (C=O) groups excluding carboxylic acids is 2. The summed E-state index contributed by atoms with van der Waals surface area (Å²) in [6.07, 6.45) is 5.88. The summed E-state index contributed by atoms with van der Waals surface area (Å²) in [7, 11) is 1.67. The molecule has 7 heteroatoms. The van der Waals surface area contributed by atoms with Crippen molar-refractivity contribution < 1.29 is 18.7 Å². The second-order valence-corrected chi connectivity index (χ2v) is 10.2. The lowest BCUT2D eigenvalue weighted by Gasteiger charge is -2.41. The van der Waals surface area contributed by atoms with Gasteiger partial charge in [-0.15, -0.1) is 0 Å². The second kappa shape index (κ2) is 9.97. The van der Waals surface area contributed by atoms with Crippen molar-refractivity contribution in [2.24, 2.45) is 5.92 Å². The lowest BCUT2D eigenvalue weighted by Crippen LogP contribution is -2.57. The Kier molecular flexibility index (Phi) is 6.78. The number of carbonyl (C=O) groups is 2. The van der Waals surface area contributed by atoms with E-state index in [4.69, 9.17) is 4.74 Å². The Balaban J connectivity index is 1.35. The van der Waals surface area contributed by atoms with E-state index in [9.17, 15) is 14.0 Å². The van der Waals surface area contributed by atoms with E-state index in [1.54, 1.807) is 19.2 Å². The van der Waals surface area contributed by atoms with Gasteiger partial charge in [0, 0.05) is 19.0 Å². The molecule has 6 nitrogen and oxygen atoms in total. The molecule has 2 heterocycles. The lowest BCUT2D eigenvalue weighted by molar-refractivity contribution is -0.135. The summed E-state index contributed by atoms with van der Waals surface area (Å²) in [5.74, 6) is 0.479. The van der Waals surface area contributed by atoms with E-state index >= 15 is 0 Å². The molecule has 0 radical (unpaired) electrons. The fraction of sp³-hybridized carbons (Fsp3) is 0.500. The minimum absolute atomic E-state index is 0.00857. The molecule has 186 valence electrons. The van der Waals surface area contributed by atoms with E-state index in [1.165, 1.54) is 22.6 Å². The first kappa shape index (κ1) is 23.8. The topological polar surface area (TPSA) is 61.9 Å². The van der Waals surface area contributed by atoms with Gasteiger partial charge in [-0.25, -0.2) is 9.18 Å². The molecule has 1 aliphatic carbocycles. The maximum atomic E-state index is 14.0. The summed E-state index contributed by atoms with van der Waals surface area (Å²) in [5, 5.41) is 3.17. The Bertz CT molecular complexity index is 1060. The fourth-order valence-corrected chi connectivity index (χ4v) is 6.18. The van der Waals surface area contributed by atoms with Crippen LogP contribution in [0.4, 0.5) is 9.18 Å². The van der Waals surface area contributed by atoms with Crippen LogP contribution in [-0.4, -0.2) is 53.5 Å². The van der Waals surface area contributed by atoms with Crippen LogP contribution in [0.3, 0.4) is 0 Å². The normalized spacial score (nSPS) is 24.2. The zero-order chi connectivity index (χ0) is 24.4. The first-order chi connectivity index (χ1) is 17.0. The molecule has 3 fully saturated rings.